The average molecular weight is 510 g/mol. The second-order valence-electron chi connectivity index (χ2n) is 8.75. The van der Waals surface area contributed by atoms with Crippen LogP contribution in [-0.2, 0) is 19.1 Å². The van der Waals surface area contributed by atoms with Crippen molar-refractivity contribution < 1.29 is 14.3 Å². The van der Waals surface area contributed by atoms with E-state index in [9.17, 15) is 9.59 Å². The number of carbonyl (C=O) groups excluding carboxylic acids is 2. The Morgan fingerprint density at radius 1 is 0.919 bits per heavy atom. The van der Waals surface area contributed by atoms with Crippen LogP contribution < -0.4 is 5.32 Å². The van der Waals surface area contributed by atoms with Gasteiger partial charge in [-0.15, -0.1) is 11.8 Å². The number of hydrogen-bond donors (Lipinski definition) is 1. The third kappa shape index (κ3) is 6.49. The van der Waals surface area contributed by atoms with Crippen molar-refractivity contribution in [1.29, 1.82) is 0 Å². The molecule has 0 saturated carbocycles. The Hall–Kier alpha value is -3.83. The van der Waals surface area contributed by atoms with Gasteiger partial charge in [0.15, 0.2) is 0 Å². The number of thioether (sulfide) groups is 1. The molecule has 0 bridgehead atoms. The van der Waals surface area contributed by atoms with Gasteiger partial charge in [-0.05, 0) is 35.1 Å². The molecule has 0 heterocycles. The Balaban J connectivity index is 1.65. The van der Waals surface area contributed by atoms with Crippen LogP contribution in [0, 0.1) is 5.92 Å². The van der Waals surface area contributed by atoms with E-state index in [4.69, 9.17) is 4.74 Å². The maximum Gasteiger partial charge on any atom is 0.329 e. The van der Waals surface area contributed by atoms with Crippen LogP contribution in [0.25, 0.3) is 0 Å². The molecule has 5 heteroatoms. The quantitative estimate of drug-likeness (QED) is 0.205. The van der Waals surface area contributed by atoms with Gasteiger partial charge in [0.05, 0.1) is 11.9 Å². The zero-order chi connectivity index (χ0) is 25.9. The van der Waals surface area contributed by atoms with Crippen LogP contribution in [0.4, 0.5) is 0 Å². The Morgan fingerprint density at radius 2 is 1.46 bits per heavy atom. The largest absolute Gasteiger partial charge is 0.467 e. The standard InChI is InChI=1S/C32H31NO3S/c1-36-31(35)29(33-30(34)23-22-25-14-6-2-7-15-25)24-37-32(26-16-8-3-9-17-26,27-18-10-4-11-19-27)28-20-12-5-13-21-28/h2-14,16-23,25,29H,15,24H2,1H3,(H,33,34)/t25?,29-/m0/s1. The van der Waals surface area contributed by atoms with Crippen molar-refractivity contribution in [2.45, 2.75) is 17.2 Å². The fourth-order valence-corrected chi connectivity index (χ4v) is 6.01. The lowest BCUT2D eigenvalue weighted by atomic mass is 9.84. The number of methoxy groups -OCH3 is 1. The first-order valence-corrected chi connectivity index (χ1v) is 13.3. The molecule has 37 heavy (non-hydrogen) atoms. The molecule has 0 fully saturated rings. The number of carbonyl (C=O) groups is 2. The molecule has 188 valence electrons. The first-order chi connectivity index (χ1) is 18.1. The maximum absolute atomic E-state index is 12.8. The van der Waals surface area contributed by atoms with Gasteiger partial charge in [-0.25, -0.2) is 4.79 Å². The molecule has 1 aliphatic rings. The molecule has 3 aromatic rings. The van der Waals surface area contributed by atoms with Crippen LogP contribution in [0.5, 0.6) is 0 Å². The van der Waals surface area contributed by atoms with E-state index in [0.717, 1.165) is 23.1 Å². The van der Waals surface area contributed by atoms with Crippen LogP contribution in [0.15, 0.2) is 127 Å². The molecule has 0 aliphatic heterocycles. The van der Waals surface area contributed by atoms with E-state index in [1.54, 1.807) is 11.8 Å². The van der Waals surface area contributed by atoms with E-state index in [2.05, 4.69) is 47.8 Å². The van der Waals surface area contributed by atoms with Crippen molar-refractivity contribution in [3.8, 4) is 0 Å². The first-order valence-electron chi connectivity index (χ1n) is 12.3. The normalized spacial score (nSPS) is 15.9. The summed E-state index contributed by atoms with van der Waals surface area (Å²) in [6.07, 6.45) is 12.3. The second kappa shape index (κ2) is 12.9. The molecule has 0 saturated heterocycles. The summed E-state index contributed by atoms with van der Waals surface area (Å²) in [5, 5.41) is 2.87. The zero-order valence-corrected chi connectivity index (χ0v) is 21.6. The van der Waals surface area contributed by atoms with Crippen LogP contribution in [0.3, 0.4) is 0 Å². The minimum absolute atomic E-state index is 0.170. The molecule has 1 amide bonds. The van der Waals surface area contributed by atoms with E-state index in [-0.39, 0.29) is 11.8 Å². The van der Waals surface area contributed by atoms with Crippen molar-refractivity contribution in [2.75, 3.05) is 12.9 Å². The molecule has 4 rings (SSSR count). The van der Waals surface area contributed by atoms with E-state index in [0.29, 0.717) is 5.75 Å². The average Bonchev–Trinajstić information content (AvgIpc) is 2.97. The highest BCUT2D eigenvalue weighted by atomic mass is 32.2. The van der Waals surface area contributed by atoms with Gasteiger partial charge in [0, 0.05) is 5.75 Å². The fourth-order valence-electron chi connectivity index (χ4n) is 4.46. The summed E-state index contributed by atoms with van der Waals surface area (Å²) in [7, 11) is 1.35. The molecule has 0 aromatic heterocycles. The summed E-state index contributed by atoms with van der Waals surface area (Å²) in [5.41, 5.74) is 3.26. The number of esters is 1. The summed E-state index contributed by atoms with van der Waals surface area (Å²) >= 11 is 1.61. The SMILES string of the molecule is COC(=O)[C@H](CSC(c1ccccc1)(c1ccccc1)c1ccccc1)NC(=O)C=CC1C=CC=CC1. The highest BCUT2D eigenvalue weighted by molar-refractivity contribution is 8.00. The van der Waals surface area contributed by atoms with Gasteiger partial charge in [0.2, 0.25) is 5.91 Å². The van der Waals surface area contributed by atoms with Gasteiger partial charge in [-0.1, -0.05) is 121 Å². The molecule has 1 aliphatic carbocycles. The number of ether oxygens (including phenoxy) is 1. The predicted molar refractivity (Wildman–Crippen MR) is 151 cm³/mol. The van der Waals surface area contributed by atoms with Crippen LogP contribution in [0.2, 0.25) is 0 Å². The topological polar surface area (TPSA) is 55.4 Å². The van der Waals surface area contributed by atoms with Crippen LogP contribution in [-0.4, -0.2) is 30.8 Å². The zero-order valence-electron chi connectivity index (χ0n) is 20.8. The van der Waals surface area contributed by atoms with Gasteiger partial charge >= 0.3 is 5.97 Å². The molecule has 0 spiro atoms. The molecular weight excluding hydrogens is 478 g/mol. The maximum atomic E-state index is 12.8. The molecule has 4 nitrogen and oxygen atoms in total. The van der Waals surface area contributed by atoms with Gasteiger partial charge in [-0.3, -0.25) is 4.79 Å². The molecule has 0 radical (unpaired) electrons. The highest BCUT2D eigenvalue weighted by Gasteiger charge is 2.38. The van der Waals surface area contributed by atoms with Crippen molar-refractivity contribution in [1.82, 2.24) is 5.32 Å². The van der Waals surface area contributed by atoms with Gasteiger partial charge in [0.25, 0.3) is 0 Å². The first kappa shape index (κ1) is 26.2. The molecule has 3 aromatic carbocycles. The third-order valence-corrected chi connectivity index (χ3v) is 7.96. The van der Waals surface area contributed by atoms with E-state index >= 15 is 0 Å². The summed E-state index contributed by atoms with van der Waals surface area (Å²) in [4.78, 5) is 25.6. The number of rotatable bonds is 10. The molecule has 2 atom stereocenters. The Bertz CT molecular complexity index is 1160. The Labute approximate surface area is 223 Å². The fraction of sp³-hybridized carbons (Fsp3) is 0.188. The third-order valence-electron chi connectivity index (χ3n) is 6.32. The van der Waals surface area contributed by atoms with Crippen molar-refractivity contribution >= 4 is 23.6 Å². The molecule has 1 N–H and O–H groups in total. The Morgan fingerprint density at radius 3 is 1.92 bits per heavy atom. The summed E-state index contributed by atoms with van der Waals surface area (Å²) in [6.45, 7) is 0. The second-order valence-corrected chi connectivity index (χ2v) is 9.98. The molecular formula is C32H31NO3S. The Kier molecular flexibility index (Phi) is 9.17. The van der Waals surface area contributed by atoms with E-state index < -0.39 is 16.8 Å². The number of hydrogen-bond acceptors (Lipinski definition) is 4. The number of nitrogens with one attached hydrogen (secondary N) is 1. The van der Waals surface area contributed by atoms with Crippen molar-refractivity contribution in [3.63, 3.8) is 0 Å². The van der Waals surface area contributed by atoms with Gasteiger partial charge in [0.1, 0.15) is 6.04 Å². The highest BCUT2D eigenvalue weighted by Crippen LogP contribution is 2.48. The van der Waals surface area contributed by atoms with Crippen LogP contribution in [0.1, 0.15) is 23.1 Å². The summed E-state index contributed by atoms with van der Waals surface area (Å²) in [6, 6.07) is 29.9. The smallest absolute Gasteiger partial charge is 0.329 e. The van der Waals surface area contributed by atoms with Crippen molar-refractivity contribution in [2.24, 2.45) is 5.92 Å². The number of benzene rings is 3. The number of amides is 1. The number of allylic oxidation sites excluding steroid dienone is 5. The summed E-state index contributed by atoms with van der Waals surface area (Å²) in [5.74, 6) is -0.304. The van der Waals surface area contributed by atoms with Crippen molar-refractivity contribution in [3.05, 3.63) is 144 Å². The minimum Gasteiger partial charge on any atom is -0.467 e. The lowest BCUT2D eigenvalue weighted by Crippen LogP contribution is -2.44. The lowest BCUT2D eigenvalue weighted by Gasteiger charge is -2.36. The lowest BCUT2D eigenvalue weighted by molar-refractivity contribution is -0.143. The monoisotopic (exact) mass is 509 g/mol. The van der Waals surface area contributed by atoms with E-state index in [1.807, 2.05) is 78.9 Å². The predicted octanol–water partition coefficient (Wildman–Crippen LogP) is 6.06. The van der Waals surface area contributed by atoms with Crippen LogP contribution >= 0.6 is 11.8 Å². The van der Waals surface area contributed by atoms with Gasteiger partial charge in [-0.2, -0.15) is 0 Å². The van der Waals surface area contributed by atoms with E-state index in [1.165, 1.54) is 13.2 Å². The minimum atomic E-state index is -0.815. The summed E-state index contributed by atoms with van der Waals surface area (Å²) < 4.78 is 4.48. The van der Waals surface area contributed by atoms with Gasteiger partial charge < -0.3 is 10.1 Å². The molecule has 1 unspecified atom stereocenters.